The van der Waals surface area contributed by atoms with Crippen LogP contribution in [0.1, 0.15) is 21.6 Å². The van der Waals surface area contributed by atoms with Gasteiger partial charge in [0.05, 0.1) is 28.5 Å². The molecule has 0 saturated carbocycles. The van der Waals surface area contributed by atoms with Gasteiger partial charge in [-0.25, -0.2) is 0 Å². The van der Waals surface area contributed by atoms with Gasteiger partial charge < -0.3 is 10.0 Å². The number of hydrogen-bond donors (Lipinski definition) is 1. The first-order chi connectivity index (χ1) is 12.6. The van der Waals surface area contributed by atoms with Gasteiger partial charge in [0.25, 0.3) is 5.91 Å². The lowest BCUT2D eigenvalue weighted by molar-refractivity contribution is 0.0732. The second-order valence-corrected chi connectivity index (χ2v) is 6.76. The molecule has 1 aliphatic rings. The lowest BCUT2D eigenvalue weighted by Gasteiger charge is -2.27. The summed E-state index contributed by atoms with van der Waals surface area (Å²) in [6, 6.07) is 14.9. The van der Waals surface area contributed by atoms with Gasteiger partial charge in [-0.2, -0.15) is 5.10 Å². The third-order valence-corrected chi connectivity index (χ3v) is 5.14. The number of aryl methyl sites for hydroxylation is 1. The van der Waals surface area contributed by atoms with E-state index in [1.807, 2.05) is 29.9 Å². The average molecular weight is 368 g/mol. The summed E-state index contributed by atoms with van der Waals surface area (Å²) < 4.78 is 1.88. The number of nitrogens with zero attached hydrogens (tertiary/aromatic N) is 3. The molecule has 26 heavy (non-hydrogen) atoms. The zero-order valence-corrected chi connectivity index (χ0v) is 15.1. The third kappa shape index (κ3) is 2.74. The largest absolute Gasteiger partial charge is 0.506 e. The van der Waals surface area contributed by atoms with Gasteiger partial charge in [0.15, 0.2) is 0 Å². The van der Waals surface area contributed by atoms with Crippen molar-refractivity contribution in [1.29, 1.82) is 0 Å². The van der Waals surface area contributed by atoms with Crippen molar-refractivity contribution in [3.8, 4) is 17.0 Å². The van der Waals surface area contributed by atoms with Crippen LogP contribution < -0.4 is 0 Å². The van der Waals surface area contributed by atoms with Crippen LogP contribution in [-0.4, -0.2) is 32.2 Å². The second kappa shape index (κ2) is 6.50. The normalized spacial score (nSPS) is 13.5. The van der Waals surface area contributed by atoms with Gasteiger partial charge in [0.2, 0.25) is 0 Å². The molecule has 0 spiro atoms. The average Bonchev–Trinajstić information content (AvgIpc) is 2.99. The summed E-state index contributed by atoms with van der Waals surface area (Å²) in [5.41, 5.74) is 4.63. The second-order valence-electron chi connectivity index (χ2n) is 6.38. The molecule has 6 heteroatoms. The molecular formula is C20H18ClN3O2. The number of hydrogen-bond acceptors (Lipinski definition) is 3. The van der Waals surface area contributed by atoms with Crippen LogP contribution in [0.5, 0.6) is 5.75 Å². The van der Waals surface area contributed by atoms with Gasteiger partial charge in [0, 0.05) is 24.7 Å². The molecule has 0 saturated heterocycles. The smallest absolute Gasteiger partial charge is 0.255 e. The van der Waals surface area contributed by atoms with Crippen LogP contribution in [0.2, 0.25) is 5.02 Å². The van der Waals surface area contributed by atoms with Crippen molar-refractivity contribution >= 4 is 17.5 Å². The first-order valence-electron chi connectivity index (χ1n) is 8.43. The molecule has 2 aromatic carbocycles. The fourth-order valence-corrected chi connectivity index (χ4v) is 3.71. The molecular weight excluding hydrogens is 350 g/mol. The first kappa shape index (κ1) is 16.7. The summed E-state index contributed by atoms with van der Waals surface area (Å²) in [7, 11) is 1.93. The molecule has 2 heterocycles. The van der Waals surface area contributed by atoms with E-state index in [1.54, 1.807) is 17.0 Å². The zero-order valence-electron chi connectivity index (χ0n) is 14.3. The predicted octanol–water partition coefficient (Wildman–Crippen LogP) is 3.64. The topological polar surface area (TPSA) is 58.4 Å². The summed E-state index contributed by atoms with van der Waals surface area (Å²) in [5, 5.41) is 14.5. The fraction of sp³-hybridized carbons (Fsp3) is 0.200. The highest BCUT2D eigenvalue weighted by Gasteiger charge is 2.28. The minimum atomic E-state index is -0.191. The molecule has 1 amide bonds. The molecule has 5 nitrogen and oxygen atoms in total. The van der Waals surface area contributed by atoms with Crippen LogP contribution in [0.4, 0.5) is 0 Å². The quantitative estimate of drug-likeness (QED) is 0.752. The van der Waals surface area contributed by atoms with Gasteiger partial charge in [-0.1, -0.05) is 48.0 Å². The number of aromatic hydroxyl groups is 1. The Labute approximate surface area is 156 Å². The van der Waals surface area contributed by atoms with E-state index in [0.29, 0.717) is 18.7 Å². The van der Waals surface area contributed by atoms with E-state index in [1.165, 1.54) is 11.6 Å². The Hall–Kier alpha value is -2.79. The third-order valence-electron chi connectivity index (χ3n) is 4.74. The number of benzene rings is 2. The van der Waals surface area contributed by atoms with Gasteiger partial charge in [-0.05, 0) is 18.6 Å². The molecule has 132 valence electrons. The maximum Gasteiger partial charge on any atom is 0.255 e. The molecule has 0 fully saturated rings. The lowest BCUT2D eigenvalue weighted by atomic mass is 9.99. The predicted molar refractivity (Wildman–Crippen MR) is 100 cm³/mol. The molecule has 1 aromatic heterocycles. The Bertz CT molecular complexity index is 982. The van der Waals surface area contributed by atoms with Crippen molar-refractivity contribution in [2.75, 3.05) is 6.54 Å². The molecule has 0 bridgehead atoms. The van der Waals surface area contributed by atoms with Gasteiger partial charge in [-0.3, -0.25) is 9.48 Å². The minimum Gasteiger partial charge on any atom is -0.506 e. The Morgan fingerprint density at radius 3 is 2.69 bits per heavy atom. The molecule has 0 aliphatic carbocycles. The number of amides is 1. The fourth-order valence-electron chi connectivity index (χ4n) is 3.51. The Morgan fingerprint density at radius 2 is 1.92 bits per heavy atom. The van der Waals surface area contributed by atoms with Crippen LogP contribution in [0, 0.1) is 0 Å². The van der Waals surface area contributed by atoms with E-state index in [2.05, 4.69) is 17.2 Å². The molecule has 1 aliphatic heterocycles. The number of halogens is 1. The van der Waals surface area contributed by atoms with Crippen molar-refractivity contribution in [3.05, 3.63) is 70.4 Å². The highest BCUT2D eigenvalue weighted by Crippen LogP contribution is 2.32. The zero-order chi connectivity index (χ0) is 18.3. The number of fused-ring (bicyclic) bond motifs is 1. The number of phenolic OH excluding ortho intramolecular Hbond substituents is 1. The van der Waals surface area contributed by atoms with E-state index in [4.69, 9.17) is 11.6 Å². The first-order valence-corrected chi connectivity index (χ1v) is 8.81. The van der Waals surface area contributed by atoms with E-state index in [-0.39, 0.29) is 16.7 Å². The van der Waals surface area contributed by atoms with Crippen molar-refractivity contribution < 1.29 is 9.90 Å². The summed E-state index contributed by atoms with van der Waals surface area (Å²) in [6.07, 6.45) is 0.732. The number of carbonyl (C=O) groups excluding carboxylic acids is 1. The van der Waals surface area contributed by atoms with Crippen LogP contribution in [0.15, 0.2) is 48.5 Å². The monoisotopic (exact) mass is 367 g/mol. The van der Waals surface area contributed by atoms with Crippen molar-refractivity contribution in [3.63, 3.8) is 0 Å². The number of phenols is 1. The highest BCUT2D eigenvalue weighted by molar-refractivity contribution is 6.35. The van der Waals surface area contributed by atoms with Gasteiger partial charge in [-0.15, -0.1) is 0 Å². The Morgan fingerprint density at radius 1 is 1.15 bits per heavy atom. The number of aromatic nitrogens is 2. The summed E-state index contributed by atoms with van der Waals surface area (Å²) in [5.74, 6) is -0.275. The van der Waals surface area contributed by atoms with Gasteiger partial charge >= 0.3 is 0 Å². The Kier molecular flexibility index (Phi) is 4.17. The molecule has 1 N–H and O–H groups in total. The van der Waals surface area contributed by atoms with Crippen LogP contribution in [0.25, 0.3) is 11.3 Å². The van der Waals surface area contributed by atoms with Crippen molar-refractivity contribution in [2.45, 2.75) is 13.0 Å². The van der Waals surface area contributed by atoms with Crippen LogP contribution in [0.3, 0.4) is 0 Å². The van der Waals surface area contributed by atoms with Crippen molar-refractivity contribution in [2.24, 2.45) is 7.05 Å². The SMILES string of the molecule is Cn1nc2c(c1-c1ccccc1)CCN(C(=O)c1cccc(O)c1Cl)C2. The summed E-state index contributed by atoms with van der Waals surface area (Å²) >= 11 is 6.10. The molecule has 0 unspecified atom stereocenters. The number of carbonyl (C=O) groups is 1. The van der Waals surface area contributed by atoms with E-state index < -0.39 is 0 Å². The maximum absolute atomic E-state index is 12.8. The van der Waals surface area contributed by atoms with Gasteiger partial charge in [0.1, 0.15) is 5.75 Å². The molecule has 4 rings (SSSR count). The molecule has 3 aromatic rings. The standard InChI is InChI=1S/C20H18ClN3O2/c1-23-19(13-6-3-2-4-7-13)14-10-11-24(12-16(14)22-23)20(26)15-8-5-9-17(25)18(15)21/h2-9,25H,10-12H2,1H3. The maximum atomic E-state index is 12.8. The van der Waals surface area contributed by atoms with E-state index in [9.17, 15) is 9.90 Å². The minimum absolute atomic E-state index is 0.0839. The summed E-state index contributed by atoms with van der Waals surface area (Å²) in [6.45, 7) is 1.02. The molecule has 0 radical (unpaired) electrons. The van der Waals surface area contributed by atoms with Crippen molar-refractivity contribution in [1.82, 2.24) is 14.7 Å². The summed E-state index contributed by atoms with van der Waals surface area (Å²) in [4.78, 5) is 14.6. The Balaban J connectivity index is 1.65. The van der Waals surface area contributed by atoms with Crippen LogP contribution in [-0.2, 0) is 20.0 Å². The number of rotatable bonds is 2. The van der Waals surface area contributed by atoms with Crippen LogP contribution >= 0.6 is 11.6 Å². The lowest BCUT2D eigenvalue weighted by Crippen LogP contribution is -2.36. The molecule has 0 atom stereocenters. The highest BCUT2D eigenvalue weighted by atomic mass is 35.5. The van der Waals surface area contributed by atoms with E-state index >= 15 is 0 Å². The van der Waals surface area contributed by atoms with E-state index in [0.717, 1.165) is 23.4 Å².